The van der Waals surface area contributed by atoms with Crippen LogP contribution in [0.5, 0.6) is 0 Å². The van der Waals surface area contributed by atoms with E-state index in [2.05, 4.69) is 38.1 Å². The summed E-state index contributed by atoms with van der Waals surface area (Å²) in [5, 5.41) is 2.16. The Balaban J connectivity index is 1.98. The molecule has 0 N–H and O–H groups in total. The van der Waals surface area contributed by atoms with Crippen LogP contribution in [0.3, 0.4) is 0 Å². The number of benzene rings is 3. The Kier molecular flexibility index (Phi) is 3.72. The summed E-state index contributed by atoms with van der Waals surface area (Å²) in [5.74, 6) is 0.123. The number of para-hydroxylation sites is 3. The minimum absolute atomic E-state index is 0.249. The molecule has 0 saturated carbocycles. The summed E-state index contributed by atoms with van der Waals surface area (Å²) < 4.78 is 20.5. The zero-order chi connectivity index (χ0) is 17.6. The van der Waals surface area contributed by atoms with Crippen LogP contribution in [0.4, 0.5) is 15.8 Å². The van der Waals surface area contributed by atoms with Gasteiger partial charge in [-0.1, -0.05) is 56.3 Å². The van der Waals surface area contributed by atoms with Crippen molar-refractivity contribution in [2.24, 2.45) is 0 Å². The lowest BCUT2D eigenvalue weighted by Gasteiger charge is -2.20. The van der Waals surface area contributed by atoms with E-state index < -0.39 is 0 Å². The molecule has 1 aromatic heterocycles. The second kappa shape index (κ2) is 5.92. The van der Waals surface area contributed by atoms with E-state index in [1.54, 1.807) is 12.1 Å². The standard InChI is InChI=1S/C22H20FNO/c1-14(2)15-8-6-9-16-17-10-7-13-20(22(17)25-21(15)16)24(3)19-12-5-4-11-18(19)23/h4-14H,1-3H3. The highest BCUT2D eigenvalue weighted by molar-refractivity contribution is 6.10. The molecule has 25 heavy (non-hydrogen) atoms. The van der Waals surface area contributed by atoms with Crippen molar-refractivity contribution < 1.29 is 8.81 Å². The number of furan rings is 1. The molecule has 0 unspecified atom stereocenters. The van der Waals surface area contributed by atoms with Gasteiger partial charge in [0.15, 0.2) is 5.58 Å². The van der Waals surface area contributed by atoms with Crippen LogP contribution in [0.2, 0.25) is 0 Å². The zero-order valence-corrected chi connectivity index (χ0v) is 14.6. The predicted molar refractivity (Wildman–Crippen MR) is 102 cm³/mol. The van der Waals surface area contributed by atoms with Crippen molar-refractivity contribution >= 4 is 33.3 Å². The maximum atomic E-state index is 14.2. The lowest BCUT2D eigenvalue weighted by molar-refractivity contribution is 0.627. The third-order valence-electron chi connectivity index (χ3n) is 4.73. The molecule has 0 aliphatic heterocycles. The fourth-order valence-corrected chi connectivity index (χ4v) is 3.40. The van der Waals surface area contributed by atoms with Crippen molar-refractivity contribution in [3.05, 3.63) is 72.0 Å². The summed E-state index contributed by atoms with van der Waals surface area (Å²) in [5.41, 5.74) is 4.28. The quantitative estimate of drug-likeness (QED) is 0.419. The Hall–Kier alpha value is -2.81. The predicted octanol–water partition coefficient (Wildman–Crippen LogP) is 6.62. The average Bonchev–Trinajstić information content (AvgIpc) is 3.00. The van der Waals surface area contributed by atoms with Gasteiger partial charge in [0.25, 0.3) is 0 Å². The molecule has 3 aromatic carbocycles. The van der Waals surface area contributed by atoms with E-state index >= 15 is 0 Å². The van der Waals surface area contributed by atoms with E-state index in [4.69, 9.17) is 4.42 Å². The minimum atomic E-state index is -0.249. The van der Waals surface area contributed by atoms with Gasteiger partial charge in [-0.15, -0.1) is 0 Å². The molecule has 0 aliphatic rings. The van der Waals surface area contributed by atoms with Crippen LogP contribution in [0.15, 0.2) is 65.1 Å². The van der Waals surface area contributed by atoms with Crippen molar-refractivity contribution in [3.63, 3.8) is 0 Å². The molecule has 2 nitrogen and oxygen atoms in total. The van der Waals surface area contributed by atoms with Gasteiger partial charge >= 0.3 is 0 Å². The smallest absolute Gasteiger partial charge is 0.159 e. The SMILES string of the molecule is CC(C)c1cccc2c1oc1c(N(C)c3ccccc3F)cccc12. The van der Waals surface area contributed by atoms with Gasteiger partial charge < -0.3 is 9.32 Å². The molecule has 0 bridgehead atoms. The third-order valence-corrected chi connectivity index (χ3v) is 4.73. The van der Waals surface area contributed by atoms with Crippen LogP contribution in [0.25, 0.3) is 21.9 Å². The summed E-state index contributed by atoms with van der Waals surface area (Å²) in [6.45, 7) is 4.32. The summed E-state index contributed by atoms with van der Waals surface area (Å²) in [6.07, 6.45) is 0. The zero-order valence-electron chi connectivity index (χ0n) is 14.6. The number of hydrogen-bond acceptors (Lipinski definition) is 2. The summed E-state index contributed by atoms with van der Waals surface area (Å²) >= 11 is 0. The molecule has 0 saturated heterocycles. The van der Waals surface area contributed by atoms with Gasteiger partial charge in [-0.2, -0.15) is 0 Å². The van der Waals surface area contributed by atoms with Crippen LogP contribution < -0.4 is 4.90 Å². The number of nitrogens with zero attached hydrogens (tertiary/aromatic N) is 1. The highest BCUT2D eigenvalue weighted by atomic mass is 19.1. The minimum Gasteiger partial charge on any atom is -0.454 e. The monoisotopic (exact) mass is 333 g/mol. The van der Waals surface area contributed by atoms with Crippen LogP contribution in [0.1, 0.15) is 25.3 Å². The molecule has 0 atom stereocenters. The molecule has 0 amide bonds. The van der Waals surface area contributed by atoms with Gasteiger partial charge in [0, 0.05) is 17.8 Å². The summed E-state index contributed by atoms with van der Waals surface area (Å²) in [4.78, 5) is 1.84. The fourth-order valence-electron chi connectivity index (χ4n) is 3.40. The van der Waals surface area contributed by atoms with Gasteiger partial charge in [0.1, 0.15) is 11.4 Å². The Morgan fingerprint density at radius 2 is 1.44 bits per heavy atom. The number of fused-ring (bicyclic) bond motifs is 3. The van der Waals surface area contributed by atoms with Crippen molar-refractivity contribution in [2.45, 2.75) is 19.8 Å². The molecule has 0 spiro atoms. The fraction of sp³-hybridized carbons (Fsp3) is 0.182. The normalized spacial score (nSPS) is 11.6. The van der Waals surface area contributed by atoms with Gasteiger partial charge in [-0.25, -0.2) is 4.39 Å². The van der Waals surface area contributed by atoms with Crippen molar-refractivity contribution in [1.82, 2.24) is 0 Å². The van der Waals surface area contributed by atoms with E-state index in [-0.39, 0.29) is 5.82 Å². The van der Waals surface area contributed by atoms with Gasteiger partial charge in [0.05, 0.1) is 11.4 Å². The van der Waals surface area contributed by atoms with Crippen LogP contribution in [0, 0.1) is 5.82 Å². The maximum Gasteiger partial charge on any atom is 0.159 e. The molecule has 0 radical (unpaired) electrons. The Morgan fingerprint density at radius 3 is 2.16 bits per heavy atom. The summed E-state index contributed by atoms with van der Waals surface area (Å²) in [6, 6.07) is 19.1. The Labute approximate surface area is 146 Å². The van der Waals surface area contributed by atoms with Crippen LogP contribution in [-0.2, 0) is 0 Å². The van der Waals surface area contributed by atoms with Gasteiger partial charge in [0.2, 0.25) is 0 Å². The number of rotatable bonds is 3. The molecule has 3 heteroatoms. The van der Waals surface area contributed by atoms with E-state index in [0.717, 1.165) is 27.6 Å². The molecule has 0 aliphatic carbocycles. The highest BCUT2D eigenvalue weighted by Gasteiger charge is 2.18. The molecule has 1 heterocycles. The van der Waals surface area contributed by atoms with Crippen LogP contribution >= 0.6 is 0 Å². The lowest BCUT2D eigenvalue weighted by atomic mass is 10.0. The van der Waals surface area contributed by atoms with Gasteiger partial charge in [-0.05, 0) is 29.7 Å². The number of hydrogen-bond donors (Lipinski definition) is 0. The van der Waals surface area contributed by atoms with Crippen molar-refractivity contribution in [1.29, 1.82) is 0 Å². The highest BCUT2D eigenvalue weighted by Crippen LogP contribution is 2.39. The first-order valence-electron chi connectivity index (χ1n) is 8.50. The maximum absolute atomic E-state index is 14.2. The largest absolute Gasteiger partial charge is 0.454 e. The second-order valence-corrected chi connectivity index (χ2v) is 6.64. The van der Waals surface area contributed by atoms with E-state index in [9.17, 15) is 4.39 Å². The molecular formula is C22H20FNO. The van der Waals surface area contributed by atoms with E-state index in [1.807, 2.05) is 30.1 Å². The summed E-state index contributed by atoms with van der Waals surface area (Å²) in [7, 11) is 1.86. The number of halogens is 1. The topological polar surface area (TPSA) is 16.4 Å². The molecule has 4 rings (SSSR count). The first-order valence-corrected chi connectivity index (χ1v) is 8.50. The van der Waals surface area contributed by atoms with Crippen molar-refractivity contribution in [2.75, 3.05) is 11.9 Å². The lowest BCUT2D eigenvalue weighted by Crippen LogP contribution is -2.11. The Morgan fingerprint density at radius 1 is 0.800 bits per heavy atom. The molecule has 4 aromatic rings. The van der Waals surface area contributed by atoms with E-state index in [0.29, 0.717) is 11.6 Å². The number of anilines is 2. The average molecular weight is 333 g/mol. The van der Waals surface area contributed by atoms with Crippen molar-refractivity contribution in [3.8, 4) is 0 Å². The first kappa shape index (κ1) is 15.7. The molecule has 126 valence electrons. The van der Waals surface area contributed by atoms with E-state index in [1.165, 1.54) is 11.6 Å². The molecular weight excluding hydrogens is 313 g/mol. The van der Waals surface area contributed by atoms with Gasteiger partial charge in [-0.3, -0.25) is 0 Å². The first-order chi connectivity index (χ1) is 12.1. The molecule has 0 fully saturated rings. The van der Waals surface area contributed by atoms with Crippen LogP contribution in [-0.4, -0.2) is 7.05 Å². The Bertz CT molecular complexity index is 1060. The third kappa shape index (κ3) is 2.47. The second-order valence-electron chi connectivity index (χ2n) is 6.64.